The number of fused-ring (bicyclic) bond motifs is 3. The molecule has 4 heterocycles. The number of halogens is 3. The molecule has 4 aliphatic heterocycles. The maximum absolute atomic E-state index is 15.9. The third-order valence-corrected chi connectivity index (χ3v) is 9.88. The molecule has 3 saturated heterocycles. The van der Waals surface area contributed by atoms with E-state index in [-0.39, 0.29) is 22.3 Å². The molecule has 3 fully saturated rings. The molecular formula is C30H34Cl2FN3O3. The lowest BCUT2D eigenvalue weighted by Gasteiger charge is -2.46. The van der Waals surface area contributed by atoms with Crippen molar-refractivity contribution in [1.82, 2.24) is 10.2 Å². The number of anilines is 1. The van der Waals surface area contributed by atoms with Crippen LogP contribution >= 0.6 is 23.2 Å². The fourth-order valence-corrected chi connectivity index (χ4v) is 8.00. The van der Waals surface area contributed by atoms with Gasteiger partial charge in [0.2, 0.25) is 5.91 Å². The highest BCUT2D eigenvalue weighted by Crippen LogP contribution is 2.62. The Labute approximate surface area is 238 Å². The van der Waals surface area contributed by atoms with Crippen molar-refractivity contribution in [3.63, 3.8) is 0 Å². The SMILES string of the molecule is O=C(CCCN1CCCCC1)[C@@H]1NC2(CCOCC2)[C@@]2(C(=O)Nc3cc(Cl)ccc32)[C@H]1c1cccc(Cl)c1F. The van der Waals surface area contributed by atoms with E-state index in [1.54, 1.807) is 24.3 Å². The topological polar surface area (TPSA) is 70.7 Å². The number of ketones is 1. The Balaban J connectivity index is 1.45. The van der Waals surface area contributed by atoms with Crippen LogP contribution in [0.15, 0.2) is 36.4 Å². The van der Waals surface area contributed by atoms with Gasteiger partial charge >= 0.3 is 0 Å². The number of likely N-dealkylation sites (tertiary alicyclic amines) is 1. The predicted molar refractivity (Wildman–Crippen MR) is 150 cm³/mol. The highest BCUT2D eigenvalue weighted by molar-refractivity contribution is 6.31. The van der Waals surface area contributed by atoms with Gasteiger partial charge in [-0.05, 0) is 81.1 Å². The summed E-state index contributed by atoms with van der Waals surface area (Å²) in [5.74, 6) is -1.63. The van der Waals surface area contributed by atoms with E-state index in [2.05, 4.69) is 15.5 Å². The summed E-state index contributed by atoms with van der Waals surface area (Å²) < 4.78 is 21.6. The summed E-state index contributed by atoms with van der Waals surface area (Å²) in [5, 5.41) is 7.17. The van der Waals surface area contributed by atoms with Crippen molar-refractivity contribution in [3.05, 3.63) is 63.4 Å². The second-order valence-corrected chi connectivity index (χ2v) is 12.2. The molecule has 0 aliphatic carbocycles. The smallest absolute Gasteiger partial charge is 0.237 e. The molecule has 2 spiro atoms. The zero-order valence-electron chi connectivity index (χ0n) is 21.9. The molecule has 0 bridgehead atoms. The van der Waals surface area contributed by atoms with Crippen molar-refractivity contribution in [1.29, 1.82) is 0 Å². The van der Waals surface area contributed by atoms with Crippen molar-refractivity contribution in [3.8, 4) is 0 Å². The molecule has 0 aromatic heterocycles. The molecule has 4 aliphatic rings. The van der Waals surface area contributed by atoms with Gasteiger partial charge < -0.3 is 15.0 Å². The average molecular weight is 575 g/mol. The Kier molecular flexibility index (Phi) is 7.48. The van der Waals surface area contributed by atoms with Gasteiger partial charge in [-0.15, -0.1) is 0 Å². The van der Waals surface area contributed by atoms with Crippen LogP contribution < -0.4 is 10.6 Å². The summed E-state index contributed by atoms with van der Waals surface area (Å²) in [6.45, 7) is 3.87. The summed E-state index contributed by atoms with van der Waals surface area (Å²) in [4.78, 5) is 30.8. The number of amides is 1. The van der Waals surface area contributed by atoms with Gasteiger partial charge in [-0.25, -0.2) is 4.39 Å². The van der Waals surface area contributed by atoms with Crippen molar-refractivity contribution >= 4 is 40.6 Å². The Morgan fingerprint density at radius 3 is 2.64 bits per heavy atom. The zero-order chi connectivity index (χ0) is 27.2. The molecule has 0 saturated carbocycles. The Morgan fingerprint density at radius 1 is 1.10 bits per heavy atom. The standard InChI is InChI=1S/C30H34Cl2FN3O3/c31-19-9-10-21-23(18-19)34-28(38)30(21)25(20-6-4-7-22(32)26(20)33)27(35-29(30)11-16-39-17-12-29)24(37)8-5-15-36-13-2-1-3-14-36/h4,6-7,9-10,18,25,27,35H,1-3,5,8,11-17H2,(H,34,38)/t25-,27-,30+/m0/s1. The summed E-state index contributed by atoms with van der Waals surface area (Å²) in [6.07, 6.45) is 5.75. The van der Waals surface area contributed by atoms with Crippen LogP contribution in [-0.2, 0) is 19.7 Å². The molecule has 0 radical (unpaired) electrons. The quantitative estimate of drug-likeness (QED) is 0.480. The molecule has 2 aromatic rings. The highest BCUT2D eigenvalue weighted by Gasteiger charge is 2.72. The monoisotopic (exact) mass is 573 g/mol. The van der Waals surface area contributed by atoms with E-state index < -0.39 is 28.7 Å². The first-order chi connectivity index (χ1) is 18.9. The van der Waals surface area contributed by atoms with E-state index in [1.807, 2.05) is 6.07 Å². The van der Waals surface area contributed by atoms with Gasteiger partial charge in [0.05, 0.1) is 11.1 Å². The Bertz CT molecular complexity index is 1280. The minimum Gasteiger partial charge on any atom is -0.381 e. The van der Waals surface area contributed by atoms with E-state index in [1.165, 1.54) is 25.3 Å². The molecule has 0 unspecified atom stereocenters. The largest absolute Gasteiger partial charge is 0.381 e. The van der Waals surface area contributed by atoms with Gasteiger partial charge in [-0.1, -0.05) is 47.8 Å². The number of hydrogen-bond acceptors (Lipinski definition) is 5. The van der Waals surface area contributed by atoms with Gasteiger partial charge in [0.15, 0.2) is 0 Å². The van der Waals surface area contributed by atoms with Gasteiger partial charge in [-0.2, -0.15) is 0 Å². The molecule has 6 nitrogen and oxygen atoms in total. The summed E-state index contributed by atoms with van der Waals surface area (Å²) >= 11 is 12.6. The number of Topliss-reactive ketones (excluding diaryl/α,β-unsaturated/α-hetero) is 1. The molecule has 2 aromatic carbocycles. The van der Waals surface area contributed by atoms with E-state index in [0.717, 1.165) is 31.6 Å². The fraction of sp³-hybridized carbons (Fsp3) is 0.533. The molecule has 39 heavy (non-hydrogen) atoms. The zero-order valence-corrected chi connectivity index (χ0v) is 23.4. The molecular weight excluding hydrogens is 540 g/mol. The lowest BCUT2D eigenvalue weighted by atomic mass is 9.57. The summed E-state index contributed by atoms with van der Waals surface area (Å²) in [7, 11) is 0. The van der Waals surface area contributed by atoms with Crippen LogP contribution in [-0.4, -0.2) is 61.0 Å². The predicted octanol–water partition coefficient (Wildman–Crippen LogP) is 5.46. The van der Waals surface area contributed by atoms with Gasteiger partial charge in [0.1, 0.15) is 17.0 Å². The van der Waals surface area contributed by atoms with Crippen LogP contribution in [0.5, 0.6) is 0 Å². The third kappa shape index (κ3) is 4.41. The van der Waals surface area contributed by atoms with Gasteiger partial charge in [-0.3, -0.25) is 14.9 Å². The lowest BCUT2D eigenvalue weighted by Crippen LogP contribution is -2.61. The van der Waals surface area contributed by atoms with Gasteiger partial charge in [0, 0.05) is 41.8 Å². The van der Waals surface area contributed by atoms with E-state index in [4.69, 9.17) is 27.9 Å². The number of ether oxygens (including phenoxy) is 1. The first-order valence-corrected chi connectivity index (χ1v) is 14.8. The normalized spacial score (nSPS) is 28.1. The number of benzene rings is 2. The molecule has 9 heteroatoms. The summed E-state index contributed by atoms with van der Waals surface area (Å²) in [6, 6.07) is 9.44. The maximum atomic E-state index is 15.9. The second kappa shape index (κ2) is 10.7. The number of piperidine rings is 1. The first-order valence-electron chi connectivity index (χ1n) is 14.0. The van der Waals surface area contributed by atoms with E-state index in [9.17, 15) is 9.59 Å². The number of nitrogens with zero attached hydrogens (tertiary/aromatic N) is 1. The summed E-state index contributed by atoms with van der Waals surface area (Å²) in [5.41, 5.74) is -0.424. The average Bonchev–Trinajstić information content (AvgIpc) is 3.38. The van der Waals surface area contributed by atoms with Crippen molar-refractivity contribution in [2.24, 2.45) is 0 Å². The van der Waals surface area contributed by atoms with Crippen LogP contribution in [0.3, 0.4) is 0 Å². The Morgan fingerprint density at radius 2 is 1.87 bits per heavy atom. The lowest BCUT2D eigenvalue weighted by molar-refractivity contribution is -0.125. The van der Waals surface area contributed by atoms with Gasteiger partial charge in [0.25, 0.3) is 0 Å². The molecule has 1 amide bonds. The second-order valence-electron chi connectivity index (χ2n) is 11.4. The number of carbonyl (C=O) groups excluding carboxylic acids is 2. The number of carbonyl (C=O) groups is 2. The molecule has 3 atom stereocenters. The van der Waals surface area contributed by atoms with Crippen LogP contribution in [0.2, 0.25) is 10.0 Å². The maximum Gasteiger partial charge on any atom is 0.237 e. The molecule has 6 rings (SSSR count). The first kappa shape index (κ1) is 27.2. The number of rotatable bonds is 6. The number of nitrogens with one attached hydrogen (secondary N) is 2. The fourth-order valence-electron chi connectivity index (χ4n) is 7.65. The van der Waals surface area contributed by atoms with Crippen molar-refractivity contribution < 1.29 is 18.7 Å². The number of hydrogen-bond donors (Lipinski definition) is 2. The minimum absolute atomic E-state index is 0.00524. The van der Waals surface area contributed by atoms with Crippen LogP contribution in [0, 0.1) is 5.82 Å². The van der Waals surface area contributed by atoms with Crippen molar-refractivity contribution in [2.75, 3.05) is 38.2 Å². The van der Waals surface area contributed by atoms with E-state index >= 15 is 4.39 Å². The van der Waals surface area contributed by atoms with Crippen LogP contribution in [0.4, 0.5) is 10.1 Å². The Hall–Kier alpha value is -2.03. The molecule has 2 N–H and O–H groups in total. The van der Waals surface area contributed by atoms with E-state index in [0.29, 0.717) is 43.2 Å². The van der Waals surface area contributed by atoms with Crippen molar-refractivity contribution in [2.45, 2.75) is 67.9 Å². The van der Waals surface area contributed by atoms with Crippen LogP contribution in [0.1, 0.15) is 62.0 Å². The highest BCUT2D eigenvalue weighted by atomic mass is 35.5. The molecule has 208 valence electrons. The van der Waals surface area contributed by atoms with Crippen LogP contribution in [0.25, 0.3) is 0 Å². The third-order valence-electron chi connectivity index (χ3n) is 9.36. The minimum atomic E-state index is -1.24.